The van der Waals surface area contributed by atoms with Gasteiger partial charge in [-0.25, -0.2) is 0 Å². The normalized spacial score (nSPS) is 14.3. The van der Waals surface area contributed by atoms with Gasteiger partial charge in [0.25, 0.3) is 11.1 Å². The first-order valence-corrected chi connectivity index (χ1v) is 12.7. The number of nitrogens with one attached hydrogen (secondary N) is 1. The Morgan fingerprint density at radius 3 is 2.51 bits per heavy atom. The molecule has 0 unspecified atom stereocenters. The molecule has 4 rings (SSSR count). The Hall–Kier alpha value is -3.17. The second kappa shape index (κ2) is 11.9. The number of ether oxygens (including phenoxy) is 2. The van der Waals surface area contributed by atoms with E-state index in [1.165, 1.54) is 7.11 Å². The molecular weight excluding hydrogens is 559 g/mol. The van der Waals surface area contributed by atoms with E-state index >= 15 is 0 Å². The van der Waals surface area contributed by atoms with E-state index in [9.17, 15) is 14.4 Å². The van der Waals surface area contributed by atoms with Crippen molar-refractivity contribution in [3.05, 3.63) is 91.8 Å². The Balaban J connectivity index is 1.43. The van der Waals surface area contributed by atoms with Crippen LogP contribution in [0.3, 0.4) is 0 Å². The number of benzene rings is 3. The molecule has 1 aliphatic rings. The largest absolute Gasteiger partial charge is 0.493 e. The Kier molecular flexibility index (Phi) is 8.66. The maximum Gasteiger partial charge on any atom is 0.294 e. The maximum atomic E-state index is 12.8. The number of hydrogen-bond donors (Lipinski definition) is 1. The highest BCUT2D eigenvalue weighted by Gasteiger charge is 2.36. The van der Waals surface area contributed by atoms with Crippen LogP contribution in [0.2, 0.25) is 15.1 Å². The Morgan fingerprint density at radius 2 is 1.78 bits per heavy atom. The van der Waals surface area contributed by atoms with Gasteiger partial charge in [-0.15, -0.1) is 0 Å². The summed E-state index contributed by atoms with van der Waals surface area (Å²) in [5.74, 6) is -0.182. The van der Waals surface area contributed by atoms with E-state index in [1.54, 1.807) is 66.7 Å². The number of hydrogen-bond acceptors (Lipinski definition) is 6. The van der Waals surface area contributed by atoms with E-state index in [0.29, 0.717) is 37.8 Å². The first kappa shape index (κ1) is 26.9. The van der Waals surface area contributed by atoms with Gasteiger partial charge in [-0.05, 0) is 65.9 Å². The Bertz CT molecular complexity index is 1410. The van der Waals surface area contributed by atoms with Gasteiger partial charge in [0.05, 0.1) is 12.0 Å². The minimum atomic E-state index is -0.562. The van der Waals surface area contributed by atoms with Gasteiger partial charge in [-0.1, -0.05) is 53.0 Å². The molecule has 1 saturated heterocycles. The summed E-state index contributed by atoms with van der Waals surface area (Å²) in [5, 5.41) is 3.55. The summed E-state index contributed by atoms with van der Waals surface area (Å²) in [4.78, 5) is 38.7. The van der Waals surface area contributed by atoms with Crippen LogP contribution in [0.15, 0.2) is 65.6 Å². The highest BCUT2D eigenvalue weighted by molar-refractivity contribution is 8.18. The van der Waals surface area contributed by atoms with Gasteiger partial charge in [0.1, 0.15) is 13.2 Å². The molecule has 190 valence electrons. The lowest BCUT2D eigenvalue weighted by Gasteiger charge is -2.13. The van der Waals surface area contributed by atoms with Crippen LogP contribution in [-0.2, 0) is 16.2 Å². The molecule has 0 spiro atoms. The number of methoxy groups -OCH3 is 1. The van der Waals surface area contributed by atoms with Crippen molar-refractivity contribution in [3.8, 4) is 11.5 Å². The molecule has 1 heterocycles. The minimum Gasteiger partial charge on any atom is -0.493 e. The molecule has 1 N–H and O–H groups in total. The second-order valence-electron chi connectivity index (χ2n) is 7.76. The van der Waals surface area contributed by atoms with Crippen molar-refractivity contribution in [2.24, 2.45) is 0 Å². The second-order valence-corrected chi connectivity index (χ2v) is 10.0. The molecule has 3 amide bonds. The van der Waals surface area contributed by atoms with Gasteiger partial charge < -0.3 is 14.8 Å². The molecule has 1 aliphatic heterocycles. The van der Waals surface area contributed by atoms with E-state index in [0.717, 1.165) is 22.2 Å². The molecule has 0 aromatic heterocycles. The average Bonchev–Trinajstić information content (AvgIpc) is 3.11. The zero-order chi connectivity index (χ0) is 26.5. The fourth-order valence-corrected chi connectivity index (χ4v) is 4.88. The van der Waals surface area contributed by atoms with Crippen molar-refractivity contribution in [1.29, 1.82) is 0 Å². The maximum absolute atomic E-state index is 12.8. The molecule has 11 heteroatoms. The summed E-state index contributed by atoms with van der Waals surface area (Å²) < 4.78 is 11.3. The third-order valence-electron chi connectivity index (χ3n) is 5.17. The van der Waals surface area contributed by atoms with Gasteiger partial charge in [0, 0.05) is 26.3 Å². The number of carbonyl (C=O) groups excluding carboxylic acids is 3. The third kappa shape index (κ3) is 6.78. The third-order valence-corrected chi connectivity index (χ3v) is 6.90. The molecule has 3 aromatic carbocycles. The number of carbonyl (C=O) groups is 3. The number of anilines is 1. The van der Waals surface area contributed by atoms with Gasteiger partial charge in [0.15, 0.2) is 11.5 Å². The molecule has 37 heavy (non-hydrogen) atoms. The van der Waals surface area contributed by atoms with E-state index in [1.807, 2.05) is 0 Å². The predicted molar refractivity (Wildman–Crippen MR) is 147 cm³/mol. The molecule has 7 nitrogen and oxygen atoms in total. The number of thioether (sulfide) groups is 1. The van der Waals surface area contributed by atoms with E-state index < -0.39 is 23.6 Å². The number of rotatable bonds is 8. The summed E-state index contributed by atoms with van der Waals surface area (Å²) in [6, 6.07) is 16.8. The lowest BCUT2D eigenvalue weighted by Crippen LogP contribution is -2.36. The van der Waals surface area contributed by atoms with Crippen LogP contribution in [0.4, 0.5) is 10.5 Å². The number of amides is 3. The molecule has 0 radical (unpaired) electrons. The molecule has 3 aromatic rings. The van der Waals surface area contributed by atoms with E-state index in [2.05, 4.69) is 5.32 Å². The Morgan fingerprint density at radius 1 is 1.00 bits per heavy atom. The lowest BCUT2D eigenvalue weighted by atomic mass is 10.1. The van der Waals surface area contributed by atoms with Crippen LogP contribution in [0, 0.1) is 0 Å². The molecule has 0 saturated carbocycles. The number of nitrogens with zero attached hydrogens (tertiary/aromatic N) is 1. The summed E-state index contributed by atoms with van der Waals surface area (Å²) >= 11 is 18.8. The average molecular weight is 578 g/mol. The molecule has 0 atom stereocenters. The zero-order valence-electron chi connectivity index (χ0n) is 19.3. The standard InChI is InChI=1S/C26H19Cl3N2O5S/c1-35-22-9-15(5-8-21(22)36-14-16-6-7-18(28)12-20(16)29)10-23-25(33)31(26(34)37-23)13-24(32)30-19-4-2-3-17(27)11-19/h2-12H,13-14H2,1H3,(H,30,32)/b23-10+. The van der Waals surface area contributed by atoms with E-state index in [4.69, 9.17) is 44.3 Å². The monoisotopic (exact) mass is 576 g/mol. The Labute approximate surface area is 232 Å². The van der Waals surface area contributed by atoms with Crippen molar-refractivity contribution >= 4 is 75.4 Å². The zero-order valence-corrected chi connectivity index (χ0v) is 22.4. The lowest BCUT2D eigenvalue weighted by molar-refractivity contribution is -0.127. The van der Waals surface area contributed by atoms with Gasteiger partial charge >= 0.3 is 0 Å². The summed E-state index contributed by atoms with van der Waals surface area (Å²) in [5.41, 5.74) is 1.83. The molecular formula is C26H19Cl3N2O5S. The summed E-state index contributed by atoms with van der Waals surface area (Å²) in [7, 11) is 1.49. The first-order valence-electron chi connectivity index (χ1n) is 10.8. The van der Waals surface area contributed by atoms with Crippen LogP contribution < -0.4 is 14.8 Å². The van der Waals surface area contributed by atoms with Crippen molar-refractivity contribution in [2.75, 3.05) is 19.0 Å². The van der Waals surface area contributed by atoms with Crippen LogP contribution in [0.5, 0.6) is 11.5 Å². The fourth-order valence-electron chi connectivity index (χ4n) is 3.39. The smallest absolute Gasteiger partial charge is 0.294 e. The van der Waals surface area contributed by atoms with Crippen LogP contribution in [0.25, 0.3) is 6.08 Å². The van der Waals surface area contributed by atoms with Crippen molar-refractivity contribution in [2.45, 2.75) is 6.61 Å². The minimum absolute atomic E-state index is 0.184. The highest BCUT2D eigenvalue weighted by Crippen LogP contribution is 2.35. The van der Waals surface area contributed by atoms with Crippen molar-refractivity contribution < 1.29 is 23.9 Å². The molecule has 1 fully saturated rings. The van der Waals surface area contributed by atoms with E-state index in [-0.39, 0.29) is 11.5 Å². The molecule has 0 aliphatic carbocycles. The SMILES string of the molecule is COc1cc(/C=C2/SC(=O)N(CC(=O)Nc3cccc(Cl)c3)C2=O)ccc1OCc1ccc(Cl)cc1Cl. The first-order chi connectivity index (χ1) is 17.7. The molecule has 0 bridgehead atoms. The summed E-state index contributed by atoms with van der Waals surface area (Å²) in [6.45, 7) is -0.222. The van der Waals surface area contributed by atoms with Crippen LogP contribution >= 0.6 is 46.6 Å². The number of imide groups is 1. The van der Waals surface area contributed by atoms with Gasteiger partial charge in [-0.3, -0.25) is 19.3 Å². The fraction of sp³-hybridized carbons (Fsp3) is 0.115. The van der Waals surface area contributed by atoms with Crippen LogP contribution in [-0.4, -0.2) is 35.6 Å². The van der Waals surface area contributed by atoms with Crippen molar-refractivity contribution in [1.82, 2.24) is 4.90 Å². The number of halogens is 3. The van der Waals surface area contributed by atoms with Gasteiger partial charge in [0.2, 0.25) is 5.91 Å². The topological polar surface area (TPSA) is 84.9 Å². The van der Waals surface area contributed by atoms with Crippen LogP contribution in [0.1, 0.15) is 11.1 Å². The van der Waals surface area contributed by atoms with Crippen molar-refractivity contribution in [3.63, 3.8) is 0 Å². The highest BCUT2D eigenvalue weighted by atomic mass is 35.5. The summed E-state index contributed by atoms with van der Waals surface area (Å²) in [6.07, 6.45) is 1.56. The predicted octanol–water partition coefficient (Wildman–Crippen LogP) is 6.91. The van der Waals surface area contributed by atoms with Gasteiger partial charge in [-0.2, -0.15) is 0 Å². The quantitative estimate of drug-likeness (QED) is 0.293.